The van der Waals surface area contributed by atoms with Crippen LogP contribution >= 0.6 is 0 Å². The van der Waals surface area contributed by atoms with Crippen molar-refractivity contribution < 1.29 is 0 Å². The summed E-state index contributed by atoms with van der Waals surface area (Å²) in [6, 6.07) is 10.8. The van der Waals surface area contributed by atoms with Gasteiger partial charge in [-0.05, 0) is 50.0 Å². The molecule has 0 amide bonds. The normalized spacial score (nSPS) is 20.4. The Bertz CT molecular complexity index is 297. The van der Waals surface area contributed by atoms with Crippen LogP contribution in [-0.4, -0.2) is 0 Å². The number of hydrogen-bond acceptors (Lipinski definition) is 0. The van der Waals surface area contributed by atoms with Gasteiger partial charge < -0.3 is 0 Å². The SMILES string of the molecule is C1=C[C@H](CCCc2ccccc2)CCC1. The van der Waals surface area contributed by atoms with E-state index in [0.29, 0.717) is 0 Å². The highest BCUT2D eigenvalue weighted by Gasteiger charge is 2.07. The zero-order valence-electron chi connectivity index (χ0n) is 9.36. The van der Waals surface area contributed by atoms with Crippen molar-refractivity contribution >= 4 is 0 Å². The number of benzene rings is 1. The largest absolute Gasteiger partial charge is 0.0883 e. The summed E-state index contributed by atoms with van der Waals surface area (Å²) in [7, 11) is 0. The van der Waals surface area contributed by atoms with Crippen LogP contribution in [0, 0.1) is 5.92 Å². The molecule has 1 aromatic carbocycles. The average molecular weight is 200 g/mol. The van der Waals surface area contributed by atoms with Crippen LogP contribution in [0.25, 0.3) is 0 Å². The summed E-state index contributed by atoms with van der Waals surface area (Å²) >= 11 is 0. The maximum atomic E-state index is 2.43. The molecular formula is C15H20. The van der Waals surface area contributed by atoms with E-state index in [1.54, 1.807) is 0 Å². The third-order valence-corrected chi connectivity index (χ3v) is 3.24. The predicted molar refractivity (Wildman–Crippen MR) is 65.9 cm³/mol. The van der Waals surface area contributed by atoms with Crippen molar-refractivity contribution in [3.8, 4) is 0 Å². The number of aryl methyl sites for hydroxylation is 1. The van der Waals surface area contributed by atoms with Crippen molar-refractivity contribution in [2.24, 2.45) is 5.92 Å². The van der Waals surface area contributed by atoms with Crippen LogP contribution in [0.4, 0.5) is 0 Å². The fraction of sp³-hybridized carbons (Fsp3) is 0.467. The average Bonchev–Trinajstić information content (AvgIpc) is 2.32. The van der Waals surface area contributed by atoms with E-state index in [0.717, 1.165) is 5.92 Å². The van der Waals surface area contributed by atoms with Crippen molar-refractivity contribution in [2.75, 3.05) is 0 Å². The standard InChI is InChI=1S/C15H20/c1-3-8-14(9-4-1)12-7-13-15-10-5-2-6-11-15/h1,3-5,8-10,15H,2,6-7,11-13H2/t15-/m0/s1. The Hall–Kier alpha value is -1.04. The Morgan fingerprint density at radius 3 is 2.73 bits per heavy atom. The maximum absolute atomic E-state index is 2.43. The highest BCUT2D eigenvalue weighted by atomic mass is 14.1. The number of allylic oxidation sites excluding steroid dienone is 2. The molecule has 0 heteroatoms. The first-order chi connectivity index (χ1) is 7.45. The lowest BCUT2D eigenvalue weighted by Gasteiger charge is -2.15. The fourth-order valence-electron chi connectivity index (χ4n) is 2.34. The number of hydrogen-bond donors (Lipinski definition) is 0. The van der Waals surface area contributed by atoms with Gasteiger partial charge in [0.05, 0.1) is 0 Å². The molecule has 0 saturated heterocycles. The minimum Gasteiger partial charge on any atom is -0.0883 e. The fourth-order valence-corrected chi connectivity index (χ4v) is 2.34. The van der Waals surface area contributed by atoms with Gasteiger partial charge in [0.15, 0.2) is 0 Å². The van der Waals surface area contributed by atoms with Crippen molar-refractivity contribution in [3.05, 3.63) is 48.0 Å². The molecule has 1 atom stereocenters. The van der Waals surface area contributed by atoms with Gasteiger partial charge in [0, 0.05) is 0 Å². The summed E-state index contributed by atoms with van der Waals surface area (Å²) in [5.41, 5.74) is 1.48. The second-order valence-corrected chi connectivity index (χ2v) is 4.50. The summed E-state index contributed by atoms with van der Waals surface area (Å²) < 4.78 is 0. The van der Waals surface area contributed by atoms with Crippen LogP contribution in [0.5, 0.6) is 0 Å². The third kappa shape index (κ3) is 3.54. The van der Waals surface area contributed by atoms with Crippen LogP contribution in [0.2, 0.25) is 0 Å². The predicted octanol–water partition coefficient (Wildman–Crippen LogP) is 4.37. The summed E-state index contributed by atoms with van der Waals surface area (Å²) in [5, 5.41) is 0. The Morgan fingerprint density at radius 1 is 1.13 bits per heavy atom. The molecule has 0 aliphatic heterocycles. The first-order valence-corrected chi connectivity index (χ1v) is 6.16. The zero-order valence-corrected chi connectivity index (χ0v) is 9.36. The van der Waals surface area contributed by atoms with Crippen molar-refractivity contribution in [1.29, 1.82) is 0 Å². The van der Waals surface area contributed by atoms with Gasteiger partial charge >= 0.3 is 0 Å². The minimum atomic E-state index is 0.863. The molecule has 0 aromatic heterocycles. The van der Waals surface area contributed by atoms with E-state index in [4.69, 9.17) is 0 Å². The quantitative estimate of drug-likeness (QED) is 0.633. The molecule has 2 rings (SSSR count). The van der Waals surface area contributed by atoms with Gasteiger partial charge in [-0.15, -0.1) is 0 Å². The van der Waals surface area contributed by atoms with Crippen molar-refractivity contribution in [2.45, 2.75) is 38.5 Å². The first-order valence-electron chi connectivity index (χ1n) is 6.16. The molecular weight excluding hydrogens is 180 g/mol. The first kappa shape index (κ1) is 10.5. The molecule has 1 aliphatic carbocycles. The van der Waals surface area contributed by atoms with E-state index in [1.165, 1.54) is 44.1 Å². The van der Waals surface area contributed by atoms with E-state index in [-0.39, 0.29) is 0 Å². The Morgan fingerprint density at radius 2 is 2.00 bits per heavy atom. The van der Waals surface area contributed by atoms with Crippen molar-refractivity contribution in [3.63, 3.8) is 0 Å². The topological polar surface area (TPSA) is 0 Å². The van der Waals surface area contributed by atoms with Crippen LogP contribution in [0.15, 0.2) is 42.5 Å². The molecule has 0 saturated carbocycles. The van der Waals surface area contributed by atoms with Crippen molar-refractivity contribution in [1.82, 2.24) is 0 Å². The molecule has 15 heavy (non-hydrogen) atoms. The summed E-state index contributed by atoms with van der Waals surface area (Å²) in [6.07, 6.45) is 12.8. The number of rotatable bonds is 4. The van der Waals surface area contributed by atoms with Gasteiger partial charge in [0.1, 0.15) is 0 Å². The highest BCUT2D eigenvalue weighted by molar-refractivity contribution is 5.14. The van der Waals surface area contributed by atoms with Gasteiger partial charge in [-0.2, -0.15) is 0 Å². The molecule has 1 aromatic rings. The molecule has 80 valence electrons. The van der Waals surface area contributed by atoms with E-state index >= 15 is 0 Å². The van der Waals surface area contributed by atoms with E-state index < -0.39 is 0 Å². The second-order valence-electron chi connectivity index (χ2n) is 4.50. The molecule has 0 bridgehead atoms. The van der Waals surface area contributed by atoms with Crippen LogP contribution < -0.4 is 0 Å². The van der Waals surface area contributed by atoms with Gasteiger partial charge in [0.2, 0.25) is 0 Å². The lowest BCUT2D eigenvalue weighted by Crippen LogP contribution is -2.01. The molecule has 0 fully saturated rings. The molecule has 0 heterocycles. The van der Waals surface area contributed by atoms with E-state index in [9.17, 15) is 0 Å². The van der Waals surface area contributed by atoms with E-state index in [1.807, 2.05) is 0 Å². The Kier molecular flexibility index (Phi) is 4.01. The lowest BCUT2D eigenvalue weighted by molar-refractivity contribution is 0.489. The highest BCUT2D eigenvalue weighted by Crippen LogP contribution is 2.22. The van der Waals surface area contributed by atoms with Gasteiger partial charge in [-0.1, -0.05) is 42.5 Å². The molecule has 0 spiro atoms. The third-order valence-electron chi connectivity index (χ3n) is 3.24. The molecule has 0 radical (unpaired) electrons. The molecule has 0 unspecified atom stereocenters. The molecule has 0 nitrogen and oxygen atoms in total. The lowest BCUT2D eigenvalue weighted by atomic mass is 9.91. The summed E-state index contributed by atoms with van der Waals surface area (Å²) in [6.45, 7) is 0. The zero-order chi connectivity index (χ0) is 10.3. The van der Waals surface area contributed by atoms with Gasteiger partial charge in [-0.3, -0.25) is 0 Å². The monoisotopic (exact) mass is 200 g/mol. The van der Waals surface area contributed by atoms with Crippen LogP contribution in [0.1, 0.15) is 37.7 Å². The Labute approximate surface area is 93.0 Å². The summed E-state index contributed by atoms with van der Waals surface area (Å²) in [5.74, 6) is 0.863. The van der Waals surface area contributed by atoms with E-state index in [2.05, 4.69) is 42.5 Å². The van der Waals surface area contributed by atoms with Gasteiger partial charge in [0.25, 0.3) is 0 Å². The Balaban J connectivity index is 1.70. The second kappa shape index (κ2) is 5.75. The summed E-state index contributed by atoms with van der Waals surface area (Å²) in [4.78, 5) is 0. The van der Waals surface area contributed by atoms with Gasteiger partial charge in [-0.25, -0.2) is 0 Å². The minimum absolute atomic E-state index is 0.863. The van der Waals surface area contributed by atoms with Crippen LogP contribution in [-0.2, 0) is 6.42 Å². The molecule has 0 N–H and O–H groups in total. The molecule has 1 aliphatic rings. The van der Waals surface area contributed by atoms with Crippen LogP contribution in [0.3, 0.4) is 0 Å². The smallest absolute Gasteiger partial charge is 0.0233 e. The maximum Gasteiger partial charge on any atom is -0.0233 e.